The second-order valence-electron chi connectivity index (χ2n) is 9.98. The minimum atomic E-state index is 0.312. The maximum atomic E-state index is 11.7. The second kappa shape index (κ2) is 6.06. The van der Waals surface area contributed by atoms with E-state index < -0.39 is 0 Å². The normalized spacial score (nSPS) is 54.6. The Hall–Kier alpha value is 0.110. The molecule has 1 unspecified atom stereocenters. The number of carbonyl (C=O) groups is 1. The van der Waals surface area contributed by atoms with Crippen LogP contribution in [0, 0.1) is 40.9 Å². The molecule has 0 aromatic rings. The van der Waals surface area contributed by atoms with Crippen LogP contribution in [0.15, 0.2) is 11.6 Å². The third-order valence-corrected chi connectivity index (χ3v) is 12.2. The molecular weight excluding hydrogens is 344 g/mol. The van der Waals surface area contributed by atoms with E-state index in [1.807, 2.05) is 5.57 Å². The first-order chi connectivity index (χ1) is 12.1. The van der Waals surface area contributed by atoms with Crippen molar-refractivity contribution in [1.29, 1.82) is 0 Å². The quantitative estimate of drug-likeness (QED) is 0.311. The topological polar surface area (TPSA) is 17.1 Å². The van der Waals surface area contributed by atoms with Gasteiger partial charge in [-0.15, -0.1) is 0 Å². The highest BCUT2D eigenvalue weighted by atomic mass is 33.1. The molecule has 0 N–H and O–H groups in total. The first kappa shape index (κ1) is 17.2. The zero-order valence-electron chi connectivity index (χ0n) is 15.7. The third-order valence-electron chi connectivity index (χ3n) is 8.99. The minimum absolute atomic E-state index is 0.312. The Bertz CT molecular complexity index is 593. The van der Waals surface area contributed by atoms with Crippen LogP contribution >= 0.6 is 21.6 Å². The molecule has 1 aliphatic heterocycles. The van der Waals surface area contributed by atoms with Crippen LogP contribution in [0.4, 0.5) is 0 Å². The number of hydrogen-bond acceptors (Lipinski definition) is 3. The molecule has 138 valence electrons. The smallest absolute Gasteiger partial charge is 0.123 e. The van der Waals surface area contributed by atoms with Gasteiger partial charge < -0.3 is 4.79 Å². The fraction of sp³-hybridized carbons (Fsp3) is 0.864. The van der Waals surface area contributed by atoms with Crippen molar-refractivity contribution < 1.29 is 4.79 Å². The molecular formula is C22H32OS2. The summed E-state index contributed by atoms with van der Waals surface area (Å²) in [7, 11) is 4.27. The first-order valence-electron chi connectivity index (χ1n) is 10.5. The molecule has 0 radical (unpaired) electrons. The SMILES string of the molecule is C[C@@H]1CC2=CC3(CCSS3)CC[C@@H]2[C@H]2CC[C@]3(C)[C@@H](C=O)CC[C@H]3[C@@H]21. The summed E-state index contributed by atoms with van der Waals surface area (Å²) < 4.78 is 0.488. The van der Waals surface area contributed by atoms with Crippen molar-refractivity contribution in [3.8, 4) is 0 Å². The maximum Gasteiger partial charge on any atom is 0.123 e. The van der Waals surface area contributed by atoms with E-state index in [0.29, 0.717) is 16.1 Å². The monoisotopic (exact) mass is 376 g/mol. The van der Waals surface area contributed by atoms with Crippen LogP contribution in [0.5, 0.6) is 0 Å². The molecule has 25 heavy (non-hydrogen) atoms. The molecule has 8 atom stereocenters. The lowest BCUT2D eigenvalue weighted by atomic mass is 9.48. The Balaban J connectivity index is 1.45. The Morgan fingerprint density at radius 1 is 1.16 bits per heavy atom. The van der Waals surface area contributed by atoms with Gasteiger partial charge in [-0.25, -0.2) is 0 Å². The van der Waals surface area contributed by atoms with Gasteiger partial charge in [-0.3, -0.25) is 0 Å². The number of allylic oxidation sites excluding steroid dienone is 1. The number of rotatable bonds is 1. The van der Waals surface area contributed by atoms with Gasteiger partial charge in [0.15, 0.2) is 0 Å². The van der Waals surface area contributed by atoms with Crippen molar-refractivity contribution in [3.63, 3.8) is 0 Å². The Kier molecular flexibility index (Phi) is 4.17. The predicted molar refractivity (Wildman–Crippen MR) is 109 cm³/mol. The van der Waals surface area contributed by atoms with E-state index in [1.54, 1.807) is 0 Å². The molecule has 0 amide bonds. The summed E-state index contributed by atoms with van der Waals surface area (Å²) in [5.74, 6) is 5.97. The van der Waals surface area contributed by atoms with Crippen LogP contribution in [-0.2, 0) is 4.79 Å². The van der Waals surface area contributed by atoms with Crippen molar-refractivity contribution in [3.05, 3.63) is 11.6 Å². The maximum absolute atomic E-state index is 11.7. The van der Waals surface area contributed by atoms with Crippen LogP contribution in [-0.4, -0.2) is 16.8 Å². The van der Waals surface area contributed by atoms with Gasteiger partial charge in [0.05, 0.1) is 0 Å². The molecule has 3 heteroatoms. The van der Waals surface area contributed by atoms with Gasteiger partial charge >= 0.3 is 0 Å². The van der Waals surface area contributed by atoms with Gasteiger partial charge in [-0.05, 0) is 86.4 Å². The summed E-state index contributed by atoms with van der Waals surface area (Å²) in [6, 6.07) is 0. The Morgan fingerprint density at radius 3 is 2.80 bits per heavy atom. The number of carbonyl (C=O) groups excluding carboxylic acids is 1. The lowest BCUT2D eigenvalue weighted by Gasteiger charge is -2.56. The van der Waals surface area contributed by atoms with Crippen LogP contribution in [0.2, 0.25) is 0 Å². The molecule has 0 aromatic carbocycles. The van der Waals surface area contributed by atoms with Gasteiger partial charge in [0.2, 0.25) is 0 Å². The fourth-order valence-electron chi connectivity index (χ4n) is 7.76. The molecule has 1 nitrogen and oxygen atoms in total. The molecule has 5 rings (SSSR count). The molecule has 1 heterocycles. The fourth-order valence-corrected chi connectivity index (χ4v) is 11.1. The van der Waals surface area contributed by atoms with Crippen molar-refractivity contribution in [2.75, 3.05) is 5.75 Å². The third kappa shape index (κ3) is 2.47. The molecule has 1 spiro atoms. The minimum Gasteiger partial charge on any atom is -0.303 e. The largest absolute Gasteiger partial charge is 0.303 e. The van der Waals surface area contributed by atoms with Crippen LogP contribution in [0.1, 0.15) is 65.2 Å². The van der Waals surface area contributed by atoms with E-state index in [9.17, 15) is 4.79 Å². The van der Waals surface area contributed by atoms with Crippen molar-refractivity contribution >= 4 is 27.9 Å². The van der Waals surface area contributed by atoms with Gasteiger partial charge in [-0.1, -0.05) is 47.1 Å². The summed E-state index contributed by atoms with van der Waals surface area (Å²) in [5.41, 5.74) is 2.15. The van der Waals surface area contributed by atoms with E-state index in [-0.39, 0.29) is 0 Å². The van der Waals surface area contributed by atoms with Crippen LogP contribution < -0.4 is 0 Å². The lowest BCUT2D eigenvalue weighted by molar-refractivity contribution is -0.117. The van der Waals surface area contributed by atoms with E-state index in [0.717, 1.165) is 36.0 Å². The molecule has 1 saturated heterocycles. The van der Waals surface area contributed by atoms with Gasteiger partial charge in [0, 0.05) is 16.4 Å². The second-order valence-corrected chi connectivity index (χ2v) is 12.8. The molecule has 3 saturated carbocycles. The van der Waals surface area contributed by atoms with E-state index in [1.165, 1.54) is 57.0 Å². The zero-order chi connectivity index (χ0) is 17.2. The van der Waals surface area contributed by atoms with Crippen LogP contribution in [0.25, 0.3) is 0 Å². The van der Waals surface area contributed by atoms with E-state index >= 15 is 0 Å². The molecule has 0 bridgehead atoms. The average molecular weight is 377 g/mol. The highest BCUT2D eigenvalue weighted by Gasteiger charge is 2.58. The Morgan fingerprint density at radius 2 is 2.04 bits per heavy atom. The van der Waals surface area contributed by atoms with Crippen molar-refractivity contribution in [2.24, 2.45) is 40.9 Å². The summed E-state index contributed by atoms with van der Waals surface area (Å²) >= 11 is 0. The molecule has 4 aliphatic carbocycles. The highest BCUT2D eigenvalue weighted by Crippen LogP contribution is 2.66. The van der Waals surface area contributed by atoms with Crippen LogP contribution in [0.3, 0.4) is 0 Å². The zero-order valence-corrected chi connectivity index (χ0v) is 17.3. The van der Waals surface area contributed by atoms with Gasteiger partial charge in [-0.2, -0.15) is 0 Å². The summed E-state index contributed by atoms with van der Waals surface area (Å²) in [6.45, 7) is 4.99. The van der Waals surface area contributed by atoms with Gasteiger partial charge in [0.25, 0.3) is 0 Å². The first-order valence-corrected chi connectivity index (χ1v) is 12.9. The summed E-state index contributed by atoms with van der Waals surface area (Å²) in [6.07, 6.45) is 14.8. The molecule has 5 aliphatic rings. The number of hydrogen-bond donors (Lipinski definition) is 0. The van der Waals surface area contributed by atoms with E-state index in [4.69, 9.17) is 0 Å². The lowest BCUT2D eigenvalue weighted by Crippen LogP contribution is -2.50. The number of fused-ring (bicyclic) bond motifs is 5. The average Bonchev–Trinajstić information content (AvgIpc) is 3.18. The predicted octanol–water partition coefficient (Wildman–Crippen LogP) is 6.14. The summed E-state index contributed by atoms with van der Waals surface area (Å²) in [5, 5.41) is 0. The highest BCUT2D eigenvalue weighted by molar-refractivity contribution is 8.77. The summed E-state index contributed by atoms with van der Waals surface area (Å²) in [4.78, 5) is 11.7. The van der Waals surface area contributed by atoms with E-state index in [2.05, 4.69) is 41.5 Å². The number of aldehydes is 1. The standard InChI is InChI=1S/C22H32OS2/c1-14-11-15-12-22(9-10-24-25-22)8-6-17(15)18-5-7-21(2)16(13-23)3-4-19(21)20(14)18/h12-14,16-20H,3-11H2,1-2H3/t14-,16-,17+,18-,19+,20-,21-,22?/m1/s1. The van der Waals surface area contributed by atoms with Gasteiger partial charge in [0.1, 0.15) is 6.29 Å². The van der Waals surface area contributed by atoms with Crippen molar-refractivity contribution in [2.45, 2.75) is 70.0 Å². The molecule has 0 aromatic heterocycles. The Labute approximate surface area is 160 Å². The molecule has 4 fully saturated rings. The van der Waals surface area contributed by atoms with Crippen molar-refractivity contribution in [1.82, 2.24) is 0 Å².